The molecule has 152 valence electrons. The van der Waals surface area contributed by atoms with Crippen LogP contribution in [0.3, 0.4) is 0 Å². The molecule has 0 atom stereocenters. The molecule has 0 saturated carbocycles. The van der Waals surface area contributed by atoms with Gasteiger partial charge in [-0.25, -0.2) is 16.8 Å². The van der Waals surface area contributed by atoms with Crippen LogP contribution < -0.4 is 9.03 Å². The Morgan fingerprint density at radius 3 is 2.21 bits per heavy atom. The third kappa shape index (κ3) is 4.86. The fourth-order valence-electron chi connectivity index (χ4n) is 3.13. The van der Waals surface area contributed by atoms with Crippen molar-refractivity contribution in [3.8, 4) is 0 Å². The SMILES string of the molecule is CC(C)CCc1ccc(S(=O)(=O)Nc2ccc(N3CCCS3(=O)=O)cc2)cc1. The molecular formula is C20H26N2O4S2. The first-order chi connectivity index (χ1) is 13.2. The molecule has 2 aromatic carbocycles. The molecule has 1 aliphatic rings. The average molecular weight is 423 g/mol. The van der Waals surface area contributed by atoms with Crippen LogP contribution in [0.4, 0.5) is 11.4 Å². The van der Waals surface area contributed by atoms with Crippen LogP contribution in [0.2, 0.25) is 0 Å². The summed E-state index contributed by atoms with van der Waals surface area (Å²) < 4.78 is 53.1. The van der Waals surface area contributed by atoms with E-state index in [1.54, 1.807) is 36.4 Å². The normalized spacial score (nSPS) is 16.5. The minimum absolute atomic E-state index is 0.147. The summed E-state index contributed by atoms with van der Waals surface area (Å²) in [6.45, 7) is 4.77. The quantitative estimate of drug-likeness (QED) is 0.739. The van der Waals surface area contributed by atoms with Crippen molar-refractivity contribution in [2.24, 2.45) is 5.92 Å². The second-order valence-corrected chi connectivity index (χ2v) is 11.2. The molecule has 8 heteroatoms. The van der Waals surface area contributed by atoms with E-state index in [2.05, 4.69) is 18.6 Å². The summed E-state index contributed by atoms with van der Waals surface area (Å²) in [6, 6.07) is 13.3. The van der Waals surface area contributed by atoms with E-state index in [-0.39, 0.29) is 10.6 Å². The average Bonchev–Trinajstić information content (AvgIpc) is 3.00. The van der Waals surface area contributed by atoms with Crippen LogP contribution in [0.15, 0.2) is 53.4 Å². The molecule has 0 bridgehead atoms. The first-order valence-electron chi connectivity index (χ1n) is 9.40. The first kappa shape index (κ1) is 20.7. The van der Waals surface area contributed by atoms with Gasteiger partial charge in [0.05, 0.1) is 16.3 Å². The molecule has 1 heterocycles. The Bertz CT molecular complexity index is 1010. The number of rotatable bonds is 7. The fraction of sp³-hybridized carbons (Fsp3) is 0.400. The molecule has 28 heavy (non-hydrogen) atoms. The van der Waals surface area contributed by atoms with Crippen LogP contribution >= 0.6 is 0 Å². The number of hydrogen-bond acceptors (Lipinski definition) is 4. The molecule has 0 unspecified atom stereocenters. The van der Waals surface area contributed by atoms with Crippen LogP contribution in [0, 0.1) is 5.92 Å². The van der Waals surface area contributed by atoms with Gasteiger partial charge >= 0.3 is 0 Å². The molecule has 1 saturated heterocycles. The van der Waals surface area contributed by atoms with Gasteiger partial charge in [0.2, 0.25) is 10.0 Å². The molecule has 2 aromatic rings. The lowest BCUT2D eigenvalue weighted by Crippen LogP contribution is -2.25. The largest absolute Gasteiger partial charge is 0.280 e. The highest BCUT2D eigenvalue weighted by atomic mass is 32.2. The fourth-order valence-corrected chi connectivity index (χ4v) is 5.75. The van der Waals surface area contributed by atoms with E-state index < -0.39 is 20.0 Å². The highest BCUT2D eigenvalue weighted by Crippen LogP contribution is 2.26. The molecule has 3 rings (SSSR count). The van der Waals surface area contributed by atoms with Gasteiger partial charge in [0.15, 0.2) is 0 Å². The van der Waals surface area contributed by atoms with Gasteiger partial charge in [0.25, 0.3) is 10.0 Å². The number of hydrogen-bond donors (Lipinski definition) is 1. The summed E-state index contributed by atoms with van der Waals surface area (Å²) >= 11 is 0. The van der Waals surface area contributed by atoms with E-state index in [4.69, 9.17) is 0 Å². The Morgan fingerprint density at radius 2 is 1.68 bits per heavy atom. The summed E-state index contributed by atoms with van der Waals surface area (Å²) in [5.41, 5.74) is 2.06. The lowest BCUT2D eigenvalue weighted by molar-refractivity contribution is 0.586. The van der Waals surface area contributed by atoms with Crippen molar-refractivity contribution in [3.05, 3.63) is 54.1 Å². The number of aryl methyl sites for hydroxylation is 1. The maximum Gasteiger partial charge on any atom is 0.261 e. The van der Waals surface area contributed by atoms with Crippen LogP contribution in [-0.2, 0) is 26.5 Å². The van der Waals surface area contributed by atoms with Crippen molar-refractivity contribution in [1.29, 1.82) is 0 Å². The minimum atomic E-state index is -3.70. The van der Waals surface area contributed by atoms with Gasteiger partial charge in [0.1, 0.15) is 0 Å². The maximum atomic E-state index is 12.6. The van der Waals surface area contributed by atoms with Crippen LogP contribution in [0.1, 0.15) is 32.3 Å². The first-order valence-corrected chi connectivity index (χ1v) is 12.5. The van der Waals surface area contributed by atoms with Crippen molar-refractivity contribution in [1.82, 2.24) is 0 Å². The molecule has 0 aromatic heterocycles. The lowest BCUT2D eigenvalue weighted by Gasteiger charge is -2.17. The summed E-state index contributed by atoms with van der Waals surface area (Å²) in [5, 5.41) is 0. The van der Waals surface area contributed by atoms with Crippen molar-refractivity contribution in [3.63, 3.8) is 0 Å². The maximum absolute atomic E-state index is 12.6. The summed E-state index contributed by atoms with van der Waals surface area (Å²) in [6.07, 6.45) is 2.58. The number of nitrogens with one attached hydrogen (secondary N) is 1. The highest BCUT2D eigenvalue weighted by molar-refractivity contribution is 7.93. The van der Waals surface area contributed by atoms with Crippen molar-refractivity contribution in [2.75, 3.05) is 21.3 Å². The second-order valence-electron chi connectivity index (χ2n) is 7.47. The van der Waals surface area contributed by atoms with Crippen LogP contribution in [0.5, 0.6) is 0 Å². The molecule has 1 N–H and O–H groups in total. The van der Waals surface area contributed by atoms with E-state index in [1.165, 1.54) is 4.31 Å². The lowest BCUT2D eigenvalue weighted by atomic mass is 10.0. The highest BCUT2D eigenvalue weighted by Gasteiger charge is 2.28. The van der Waals surface area contributed by atoms with E-state index in [0.29, 0.717) is 30.3 Å². The Hall–Kier alpha value is -2.06. The van der Waals surface area contributed by atoms with Crippen LogP contribution in [-0.4, -0.2) is 29.1 Å². The summed E-state index contributed by atoms with van der Waals surface area (Å²) in [7, 11) is -6.95. The number of nitrogens with zero attached hydrogens (tertiary/aromatic N) is 1. The van der Waals surface area contributed by atoms with Crippen molar-refractivity contribution in [2.45, 2.75) is 38.0 Å². The van der Waals surface area contributed by atoms with Gasteiger partial charge in [-0.15, -0.1) is 0 Å². The molecule has 1 fully saturated rings. The topological polar surface area (TPSA) is 83.6 Å². The summed E-state index contributed by atoms with van der Waals surface area (Å²) in [4.78, 5) is 0.201. The number of sulfonamides is 2. The van der Waals surface area contributed by atoms with Crippen molar-refractivity contribution >= 4 is 31.4 Å². The van der Waals surface area contributed by atoms with Gasteiger partial charge in [-0.05, 0) is 67.1 Å². The summed E-state index contributed by atoms with van der Waals surface area (Å²) in [5.74, 6) is 0.748. The van der Waals surface area contributed by atoms with Crippen LogP contribution in [0.25, 0.3) is 0 Å². The Morgan fingerprint density at radius 1 is 1.04 bits per heavy atom. The van der Waals surface area contributed by atoms with E-state index in [0.717, 1.165) is 18.4 Å². The predicted octanol–water partition coefficient (Wildman–Crippen LogP) is 3.62. The van der Waals surface area contributed by atoms with Gasteiger partial charge < -0.3 is 0 Å². The monoisotopic (exact) mass is 422 g/mol. The molecule has 1 aliphatic heterocycles. The molecular weight excluding hydrogens is 396 g/mol. The molecule has 0 spiro atoms. The zero-order chi connectivity index (χ0) is 20.4. The van der Waals surface area contributed by atoms with Crippen molar-refractivity contribution < 1.29 is 16.8 Å². The minimum Gasteiger partial charge on any atom is -0.280 e. The molecule has 0 radical (unpaired) electrons. The van der Waals surface area contributed by atoms with Gasteiger partial charge in [-0.1, -0.05) is 26.0 Å². The Kier molecular flexibility index (Phi) is 6.00. The van der Waals surface area contributed by atoms with Gasteiger partial charge in [-0.3, -0.25) is 9.03 Å². The van der Waals surface area contributed by atoms with Gasteiger partial charge in [-0.2, -0.15) is 0 Å². The van der Waals surface area contributed by atoms with E-state index in [9.17, 15) is 16.8 Å². The predicted molar refractivity (Wildman–Crippen MR) is 113 cm³/mol. The molecule has 6 nitrogen and oxygen atoms in total. The smallest absolute Gasteiger partial charge is 0.261 e. The van der Waals surface area contributed by atoms with E-state index in [1.807, 2.05) is 12.1 Å². The Balaban J connectivity index is 1.70. The standard InChI is InChI=1S/C20H26N2O4S2/c1-16(2)4-5-17-6-12-20(13-7-17)28(25,26)21-18-8-10-19(11-9-18)22-14-3-15-27(22,23)24/h6-13,16,21H,3-5,14-15H2,1-2H3. The second kappa shape index (κ2) is 8.13. The van der Waals surface area contributed by atoms with Gasteiger partial charge in [0, 0.05) is 12.2 Å². The third-order valence-corrected chi connectivity index (χ3v) is 8.02. The zero-order valence-electron chi connectivity index (χ0n) is 16.1. The molecule has 0 aliphatic carbocycles. The Labute approximate surface area is 167 Å². The third-order valence-electron chi connectivity index (χ3n) is 4.75. The molecule has 0 amide bonds. The zero-order valence-corrected chi connectivity index (χ0v) is 17.8. The number of anilines is 2. The van der Waals surface area contributed by atoms with E-state index >= 15 is 0 Å². The number of benzene rings is 2.